The number of rotatable bonds is 6. The maximum absolute atomic E-state index is 13.7. The summed E-state index contributed by atoms with van der Waals surface area (Å²) in [6.45, 7) is 6.13. The molecule has 1 amide bonds. The molecule has 6 heteroatoms. The van der Waals surface area contributed by atoms with E-state index in [2.05, 4.69) is 22.2 Å². The summed E-state index contributed by atoms with van der Waals surface area (Å²) < 4.78 is 19.2. The second-order valence-electron chi connectivity index (χ2n) is 7.50. The van der Waals surface area contributed by atoms with Gasteiger partial charge in [0.15, 0.2) is 0 Å². The topological polar surface area (TPSA) is 44.8 Å². The number of morpholine rings is 1. The van der Waals surface area contributed by atoms with Crippen molar-refractivity contribution in [2.24, 2.45) is 0 Å². The van der Waals surface area contributed by atoms with Crippen molar-refractivity contribution < 1.29 is 13.9 Å². The van der Waals surface area contributed by atoms with Crippen LogP contribution in [0.1, 0.15) is 24.8 Å². The summed E-state index contributed by atoms with van der Waals surface area (Å²) in [7, 11) is 2.15. The first-order valence-electron chi connectivity index (χ1n) is 9.60. The number of nitrogens with one attached hydrogen (secondary N) is 1. The Bertz CT molecular complexity index is 596. The molecule has 1 N–H and O–H groups in total. The molecule has 1 aromatic rings. The molecule has 5 nitrogen and oxygen atoms in total. The number of likely N-dealkylation sites (tertiary alicyclic amines) is 1. The standard InChI is InChI=1S/C20H30FN3O2/c1-23-10-8-20(9-11-23,24-12-14-26-15-13-24)16-22-19(25)7-6-17-4-2-3-5-18(17)21/h2-5H,6-16H2,1H3,(H,22,25). The highest BCUT2D eigenvalue weighted by Gasteiger charge is 2.39. The van der Waals surface area contributed by atoms with Crippen molar-refractivity contribution in [1.82, 2.24) is 15.1 Å². The number of hydrogen-bond donors (Lipinski definition) is 1. The van der Waals surface area contributed by atoms with Gasteiger partial charge in [0, 0.05) is 31.6 Å². The summed E-state index contributed by atoms with van der Waals surface area (Å²) in [5.74, 6) is -0.236. The summed E-state index contributed by atoms with van der Waals surface area (Å²) in [4.78, 5) is 17.2. The van der Waals surface area contributed by atoms with Crippen molar-refractivity contribution >= 4 is 5.91 Å². The Morgan fingerprint density at radius 3 is 2.58 bits per heavy atom. The van der Waals surface area contributed by atoms with Crippen LogP contribution in [0.2, 0.25) is 0 Å². The van der Waals surface area contributed by atoms with Gasteiger partial charge in [-0.25, -0.2) is 4.39 Å². The molecular weight excluding hydrogens is 333 g/mol. The molecule has 0 saturated carbocycles. The van der Waals surface area contributed by atoms with E-state index < -0.39 is 0 Å². The molecule has 0 spiro atoms. The zero-order valence-corrected chi connectivity index (χ0v) is 15.7. The van der Waals surface area contributed by atoms with Crippen molar-refractivity contribution in [2.45, 2.75) is 31.2 Å². The van der Waals surface area contributed by atoms with Crippen molar-refractivity contribution in [3.8, 4) is 0 Å². The number of carbonyl (C=O) groups excluding carboxylic acids is 1. The molecule has 26 heavy (non-hydrogen) atoms. The molecule has 1 aromatic carbocycles. The number of benzene rings is 1. The summed E-state index contributed by atoms with van der Waals surface area (Å²) in [6, 6.07) is 6.67. The van der Waals surface area contributed by atoms with E-state index in [1.54, 1.807) is 12.1 Å². The van der Waals surface area contributed by atoms with Gasteiger partial charge in [-0.05, 0) is 51.0 Å². The normalized spacial score (nSPS) is 21.5. The minimum absolute atomic E-state index is 0.000171. The molecule has 2 aliphatic heterocycles. The summed E-state index contributed by atoms with van der Waals surface area (Å²) in [6.07, 6.45) is 2.86. The minimum Gasteiger partial charge on any atom is -0.379 e. The Hall–Kier alpha value is -1.50. The first kappa shape index (κ1) is 19.3. The Balaban J connectivity index is 1.55. The van der Waals surface area contributed by atoms with Crippen LogP contribution in [0.5, 0.6) is 0 Å². The van der Waals surface area contributed by atoms with Gasteiger partial charge in [-0.3, -0.25) is 9.69 Å². The van der Waals surface area contributed by atoms with E-state index in [0.29, 0.717) is 24.9 Å². The first-order valence-corrected chi connectivity index (χ1v) is 9.60. The lowest BCUT2D eigenvalue weighted by Gasteiger charge is -2.49. The SMILES string of the molecule is CN1CCC(CNC(=O)CCc2ccccc2F)(N2CCOCC2)CC1. The van der Waals surface area contributed by atoms with Crippen LogP contribution in [0.4, 0.5) is 4.39 Å². The van der Waals surface area contributed by atoms with Gasteiger partial charge in [-0.1, -0.05) is 18.2 Å². The molecule has 0 radical (unpaired) electrons. The third kappa shape index (κ3) is 4.81. The summed E-state index contributed by atoms with van der Waals surface area (Å²) >= 11 is 0. The van der Waals surface area contributed by atoms with E-state index in [1.165, 1.54) is 6.07 Å². The van der Waals surface area contributed by atoms with Gasteiger partial charge in [0.1, 0.15) is 5.82 Å². The van der Waals surface area contributed by atoms with Crippen LogP contribution in [-0.4, -0.2) is 74.2 Å². The van der Waals surface area contributed by atoms with Crippen LogP contribution in [0.15, 0.2) is 24.3 Å². The number of amides is 1. The van der Waals surface area contributed by atoms with Crippen molar-refractivity contribution in [1.29, 1.82) is 0 Å². The molecule has 144 valence electrons. The predicted molar refractivity (Wildman–Crippen MR) is 99.6 cm³/mol. The largest absolute Gasteiger partial charge is 0.379 e. The van der Waals surface area contributed by atoms with E-state index in [4.69, 9.17) is 4.74 Å². The monoisotopic (exact) mass is 363 g/mol. The fourth-order valence-corrected chi connectivity index (χ4v) is 3.98. The van der Waals surface area contributed by atoms with Gasteiger partial charge in [0.2, 0.25) is 5.91 Å². The lowest BCUT2D eigenvalue weighted by Crippen LogP contribution is -2.62. The van der Waals surface area contributed by atoms with E-state index >= 15 is 0 Å². The molecule has 2 fully saturated rings. The van der Waals surface area contributed by atoms with E-state index in [1.807, 2.05) is 6.07 Å². The van der Waals surface area contributed by atoms with Crippen LogP contribution in [0.25, 0.3) is 0 Å². The quantitative estimate of drug-likeness (QED) is 0.835. The van der Waals surface area contributed by atoms with Crippen molar-refractivity contribution in [3.63, 3.8) is 0 Å². The highest BCUT2D eigenvalue weighted by atomic mass is 19.1. The van der Waals surface area contributed by atoms with Gasteiger partial charge >= 0.3 is 0 Å². The van der Waals surface area contributed by atoms with E-state index in [0.717, 1.165) is 52.2 Å². The second kappa shape index (κ2) is 8.93. The Kier molecular flexibility index (Phi) is 6.62. The number of halogens is 1. The van der Waals surface area contributed by atoms with Crippen LogP contribution < -0.4 is 5.32 Å². The highest BCUT2D eigenvalue weighted by molar-refractivity contribution is 5.76. The molecule has 2 heterocycles. The first-order chi connectivity index (χ1) is 12.6. The fraction of sp³-hybridized carbons (Fsp3) is 0.650. The number of hydrogen-bond acceptors (Lipinski definition) is 4. The average molecular weight is 363 g/mol. The molecule has 0 unspecified atom stereocenters. The number of nitrogens with zero attached hydrogens (tertiary/aromatic N) is 2. The van der Waals surface area contributed by atoms with Gasteiger partial charge in [-0.2, -0.15) is 0 Å². The molecule has 2 saturated heterocycles. The molecule has 0 atom stereocenters. The lowest BCUT2D eigenvalue weighted by atomic mass is 9.85. The number of aryl methyl sites for hydroxylation is 1. The number of ether oxygens (including phenoxy) is 1. The molecular formula is C20H30FN3O2. The Morgan fingerprint density at radius 2 is 1.88 bits per heavy atom. The smallest absolute Gasteiger partial charge is 0.220 e. The molecule has 3 rings (SSSR count). The minimum atomic E-state index is -0.236. The average Bonchev–Trinajstić information content (AvgIpc) is 2.68. The second-order valence-corrected chi connectivity index (χ2v) is 7.50. The van der Waals surface area contributed by atoms with Gasteiger partial charge in [0.05, 0.1) is 13.2 Å². The summed E-state index contributed by atoms with van der Waals surface area (Å²) in [5.41, 5.74) is 0.620. The Labute approximate surface area is 155 Å². The van der Waals surface area contributed by atoms with Gasteiger partial charge < -0.3 is 15.0 Å². The zero-order chi connectivity index (χ0) is 18.4. The van der Waals surface area contributed by atoms with Crippen LogP contribution in [-0.2, 0) is 16.0 Å². The maximum atomic E-state index is 13.7. The van der Waals surface area contributed by atoms with E-state index in [-0.39, 0.29) is 17.3 Å². The molecule has 0 bridgehead atoms. The number of piperidine rings is 1. The fourth-order valence-electron chi connectivity index (χ4n) is 3.98. The third-order valence-corrected chi connectivity index (χ3v) is 5.79. The predicted octanol–water partition coefficient (Wildman–Crippen LogP) is 1.67. The Morgan fingerprint density at radius 1 is 1.19 bits per heavy atom. The zero-order valence-electron chi connectivity index (χ0n) is 15.7. The third-order valence-electron chi connectivity index (χ3n) is 5.79. The number of carbonyl (C=O) groups is 1. The van der Waals surface area contributed by atoms with Gasteiger partial charge in [-0.15, -0.1) is 0 Å². The van der Waals surface area contributed by atoms with Gasteiger partial charge in [0.25, 0.3) is 0 Å². The van der Waals surface area contributed by atoms with Crippen LogP contribution >= 0.6 is 0 Å². The maximum Gasteiger partial charge on any atom is 0.220 e. The highest BCUT2D eigenvalue weighted by Crippen LogP contribution is 2.29. The van der Waals surface area contributed by atoms with Crippen LogP contribution in [0.3, 0.4) is 0 Å². The molecule has 0 aliphatic carbocycles. The van der Waals surface area contributed by atoms with Crippen molar-refractivity contribution in [3.05, 3.63) is 35.6 Å². The lowest BCUT2D eigenvalue weighted by molar-refractivity contribution is -0.122. The molecule has 2 aliphatic rings. The van der Waals surface area contributed by atoms with Crippen molar-refractivity contribution in [2.75, 3.05) is 53.0 Å². The van der Waals surface area contributed by atoms with E-state index in [9.17, 15) is 9.18 Å². The molecule has 0 aromatic heterocycles. The van der Waals surface area contributed by atoms with Crippen LogP contribution in [0, 0.1) is 5.82 Å². The summed E-state index contributed by atoms with van der Waals surface area (Å²) in [5, 5.41) is 3.13.